The van der Waals surface area contributed by atoms with Crippen LogP contribution in [0.5, 0.6) is 0 Å². The lowest BCUT2D eigenvalue weighted by atomic mass is 10.7. The maximum absolute atomic E-state index is 10.5. The number of nitrogens with one attached hydrogen (secondary N) is 1. The molecule has 0 aromatic carbocycles. The van der Waals surface area contributed by atoms with Gasteiger partial charge in [0.05, 0.1) is 20.3 Å². The zero-order chi connectivity index (χ0) is 8.81. The van der Waals surface area contributed by atoms with Crippen molar-refractivity contribution in [3.05, 3.63) is 0 Å². The highest BCUT2D eigenvalue weighted by molar-refractivity contribution is 7.92. The molecule has 0 bridgehead atoms. The highest BCUT2D eigenvalue weighted by Crippen LogP contribution is 2.10. The molecular weight excluding hydrogens is 184 g/mol. The van der Waals surface area contributed by atoms with Crippen LogP contribution in [0.3, 0.4) is 0 Å². The summed E-state index contributed by atoms with van der Waals surface area (Å²) in [6.07, 6.45) is -0.715. The molecule has 1 N–H and O–H groups in total. The van der Waals surface area contributed by atoms with Gasteiger partial charge in [-0.3, -0.25) is 0 Å². The average molecular weight is 194 g/mol. The van der Waals surface area contributed by atoms with Crippen molar-refractivity contribution in [2.24, 2.45) is 0 Å². The van der Waals surface area contributed by atoms with E-state index in [1.165, 1.54) is 7.11 Å². The molecule has 0 unspecified atom stereocenters. The summed E-state index contributed by atoms with van der Waals surface area (Å²) in [5, 5.41) is 0. The molecule has 70 valence electrons. The van der Waals surface area contributed by atoms with E-state index in [-0.39, 0.29) is 0 Å². The molecule has 0 aromatic rings. The molecule has 0 atom stereocenters. The van der Waals surface area contributed by atoms with Gasteiger partial charge in [-0.2, -0.15) is 0 Å². The lowest BCUT2D eigenvalue weighted by molar-refractivity contribution is 0.0245. The second kappa shape index (κ2) is 5.20. The molecular formula is C5H10N2O4S. The van der Waals surface area contributed by atoms with Crippen LogP contribution in [-0.2, 0) is 13.7 Å². The predicted molar refractivity (Wildman–Crippen MR) is 41.7 cm³/mol. The topological polar surface area (TPSA) is 60.0 Å². The van der Waals surface area contributed by atoms with Gasteiger partial charge < -0.3 is 13.7 Å². The van der Waals surface area contributed by atoms with Crippen LogP contribution in [0.2, 0.25) is 0 Å². The van der Waals surface area contributed by atoms with Gasteiger partial charge in [0.15, 0.2) is 12.2 Å². The van der Waals surface area contributed by atoms with E-state index in [1.807, 2.05) is 0 Å². The SMILES string of the molecule is COC(=O)OSN1CCOCN1. The number of ether oxygens (including phenoxy) is 2. The van der Waals surface area contributed by atoms with Gasteiger partial charge in [0.2, 0.25) is 0 Å². The summed E-state index contributed by atoms with van der Waals surface area (Å²) in [6, 6.07) is 0. The van der Waals surface area contributed by atoms with E-state index >= 15 is 0 Å². The van der Waals surface area contributed by atoms with Crippen molar-refractivity contribution in [3.63, 3.8) is 0 Å². The van der Waals surface area contributed by atoms with Crippen molar-refractivity contribution in [2.75, 3.05) is 27.0 Å². The molecule has 1 rings (SSSR count). The minimum atomic E-state index is -0.715. The highest BCUT2D eigenvalue weighted by atomic mass is 32.2. The summed E-state index contributed by atoms with van der Waals surface area (Å²) in [5.41, 5.74) is 2.84. The van der Waals surface area contributed by atoms with E-state index in [0.717, 1.165) is 12.2 Å². The first-order valence-corrected chi connectivity index (χ1v) is 4.04. The monoisotopic (exact) mass is 194 g/mol. The van der Waals surface area contributed by atoms with E-state index in [2.05, 4.69) is 14.3 Å². The molecule has 0 spiro atoms. The van der Waals surface area contributed by atoms with E-state index in [0.29, 0.717) is 19.9 Å². The molecule has 0 amide bonds. The van der Waals surface area contributed by atoms with Gasteiger partial charge in [-0.25, -0.2) is 10.2 Å². The third-order valence-corrected chi connectivity index (χ3v) is 1.85. The van der Waals surface area contributed by atoms with Gasteiger partial charge in [0.25, 0.3) is 0 Å². The molecule has 0 radical (unpaired) electrons. The van der Waals surface area contributed by atoms with Crippen molar-refractivity contribution in [3.8, 4) is 0 Å². The van der Waals surface area contributed by atoms with Gasteiger partial charge >= 0.3 is 6.16 Å². The molecule has 1 aliphatic rings. The number of methoxy groups -OCH3 is 1. The number of rotatable bonds is 2. The quantitative estimate of drug-likeness (QED) is 0.381. The lowest BCUT2D eigenvalue weighted by Crippen LogP contribution is -2.42. The third-order valence-electron chi connectivity index (χ3n) is 1.14. The summed E-state index contributed by atoms with van der Waals surface area (Å²) < 4.78 is 15.5. The minimum Gasteiger partial charge on any atom is -0.437 e. The molecule has 1 heterocycles. The first-order chi connectivity index (χ1) is 5.83. The molecule has 7 heteroatoms. The van der Waals surface area contributed by atoms with Crippen LogP contribution in [0.15, 0.2) is 0 Å². The molecule has 6 nitrogen and oxygen atoms in total. The molecule has 0 saturated carbocycles. The van der Waals surface area contributed by atoms with Gasteiger partial charge in [-0.1, -0.05) is 0 Å². The summed E-state index contributed by atoms with van der Waals surface area (Å²) in [6.45, 7) is 1.70. The number of hydrogen-bond donors (Lipinski definition) is 1. The van der Waals surface area contributed by atoms with Crippen LogP contribution < -0.4 is 5.43 Å². The average Bonchev–Trinajstić information content (AvgIpc) is 2.16. The fourth-order valence-corrected chi connectivity index (χ4v) is 1.06. The van der Waals surface area contributed by atoms with Crippen molar-refractivity contribution >= 4 is 18.4 Å². The van der Waals surface area contributed by atoms with Gasteiger partial charge in [0.1, 0.15) is 6.73 Å². The first-order valence-electron chi connectivity index (χ1n) is 3.34. The first kappa shape index (κ1) is 9.59. The Labute approximate surface area is 74.4 Å². The molecule has 1 aliphatic heterocycles. The van der Waals surface area contributed by atoms with Gasteiger partial charge in [0, 0.05) is 0 Å². The van der Waals surface area contributed by atoms with Crippen molar-refractivity contribution in [1.82, 2.24) is 9.84 Å². The Kier molecular flexibility index (Phi) is 4.15. The summed E-state index contributed by atoms with van der Waals surface area (Å²) in [7, 11) is 1.26. The second-order valence-corrected chi connectivity index (χ2v) is 2.68. The van der Waals surface area contributed by atoms with Crippen LogP contribution in [0.4, 0.5) is 4.79 Å². The molecule has 0 aromatic heterocycles. The standard InChI is InChI=1S/C5H10N2O4S/c1-9-5(8)11-12-7-2-3-10-4-6-7/h6H,2-4H2,1H3. The van der Waals surface area contributed by atoms with Crippen LogP contribution in [0.1, 0.15) is 0 Å². The lowest BCUT2D eigenvalue weighted by Gasteiger charge is -2.24. The van der Waals surface area contributed by atoms with Crippen LogP contribution in [0.25, 0.3) is 0 Å². The Morgan fingerprint density at radius 2 is 2.58 bits per heavy atom. The number of hydrogen-bond acceptors (Lipinski definition) is 7. The van der Waals surface area contributed by atoms with Crippen molar-refractivity contribution < 1.29 is 18.5 Å². The van der Waals surface area contributed by atoms with Crippen LogP contribution >= 0.6 is 12.2 Å². The zero-order valence-corrected chi connectivity index (χ0v) is 7.43. The van der Waals surface area contributed by atoms with Gasteiger partial charge in [-0.15, -0.1) is 4.41 Å². The zero-order valence-electron chi connectivity index (χ0n) is 6.61. The van der Waals surface area contributed by atoms with E-state index in [4.69, 9.17) is 4.74 Å². The Balaban J connectivity index is 2.09. The van der Waals surface area contributed by atoms with E-state index in [9.17, 15) is 4.79 Å². The third kappa shape index (κ3) is 3.26. The van der Waals surface area contributed by atoms with Gasteiger partial charge in [-0.05, 0) is 0 Å². The Morgan fingerprint density at radius 1 is 1.75 bits per heavy atom. The van der Waals surface area contributed by atoms with Crippen LogP contribution in [0, 0.1) is 0 Å². The fourth-order valence-electron chi connectivity index (χ4n) is 0.589. The molecule has 1 saturated heterocycles. The van der Waals surface area contributed by atoms with E-state index in [1.54, 1.807) is 4.41 Å². The number of carbonyl (C=O) groups is 1. The highest BCUT2D eigenvalue weighted by Gasteiger charge is 2.13. The minimum absolute atomic E-state index is 0.428. The normalized spacial score (nSPS) is 18.8. The maximum Gasteiger partial charge on any atom is 0.521 e. The summed E-state index contributed by atoms with van der Waals surface area (Å²) in [4.78, 5) is 10.5. The summed E-state index contributed by atoms with van der Waals surface area (Å²) >= 11 is 0.898. The Bertz CT molecular complexity index is 150. The predicted octanol–water partition coefficient (Wildman–Crippen LogP) is 0.127. The molecule has 12 heavy (non-hydrogen) atoms. The van der Waals surface area contributed by atoms with Crippen LogP contribution in [-0.4, -0.2) is 37.6 Å². The van der Waals surface area contributed by atoms with Crippen molar-refractivity contribution in [2.45, 2.75) is 0 Å². The Hall–Kier alpha value is -0.500. The largest absolute Gasteiger partial charge is 0.521 e. The molecule has 1 fully saturated rings. The van der Waals surface area contributed by atoms with E-state index < -0.39 is 6.16 Å². The Morgan fingerprint density at radius 3 is 3.17 bits per heavy atom. The van der Waals surface area contributed by atoms with Crippen molar-refractivity contribution in [1.29, 1.82) is 0 Å². The number of nitrogens with zero attached hydrogens (tertiary/aromatic N) is 1. The fraction of sp³-hybridized carbons (Fsp3) is 0.800. The maximum atomic E-state index is 10.5. The second-order valence-electron chi connectivity index (χ2n) is 1.92. The summed E-state index contributed by atoms with van der Waals surface area (Å²) in [5.74, 6) is 0. The molecule has 0 aliphatic carbocycles. The smallest absolute Gasteiger partial charge is 0.437 e. The number of carbonyl (C=O) groups excluding carboxylic acids is 1. The number of hydrazine groups is 1.